The van der Waals surface area contributed by atoms with E-state index in [0.717, 1.165) is 11.1 Å². The van der Waals surface area contributed by atoms with Crippen molar-refractivity contribution in [3.8, 4) is 23.0 Å². The van der Waals surface area contributed by atoms with Crippen LogP contribution in [0, 0.1) is 6.92 Å². The van der Waals surface area contributed by atoms with Gasteiger partial charge in [-0.2, -0.15) is 0 Å². The van der Waals surface area contributed by atoms with Crippen molar-refractivity contribution in [2.24, 2.45) is 0 Å². The molecule has 0 unspecified atom stereocenters. The zero-order valence-electron chi connectivity index (χ0n) is 22.3. The Morgan fingerprint density at radius 2 is 1.81 bits per heavy atom. The van der Waals surface area contributed by atoms with E-state index in [1.165, 1.54) is 5.56 Å². The van der Waals surface area contributed by atoms with Crippen LogP contribution in [-0.2, 0) is 28.0 Å². The Balaban J connectivity index is 1.75. The predicted octanol–water partition coefficient (Wildman–Crippen LogP) is 6.35. The van der Waals surface area contributed by atoms with Gasteiger partial charge in [0.1, 0.15) is 29.6 Å². The van der Waals surface area contributed by atoms with Gasteiger partial charge in [0.2, 0.25) is 5.89 Å². The van der Waals surface area contributed by atoms with Gasteiger partial charge in [-0.3, -0.25) is 0 Å². The molecule has 0 spiro atoms. The van der Waals surface area contributed by atoms with Crippen LogP contribution in [0.15, 0.2) is 46.9 Å². The number of oxazole rings is 1. The second kappa shape index (κ2) is 11.6. The Kier molecular flexibility index (Phi) is 8.79. The highest BCUT2D eigenvalue weighted by Gasteiger charge is 2.21. The minimum absolute atomic E-state index is 0.0787. The molecule has 1 atom stereocenters. The van der Waals surface area contributed by atoms with Gasteiger partial charge in [0.25, 0.3) is 0 Å². The van der Waals surface area contributed by atoms with Gasteiger partial charge in [-0.1, -0.05) is 39.0 Å². The van der Waals surface area contributed by atoms with Gasteiger partial charge >= 0.3 is 5.97 Å². The van der Waals surface area contributed by atoms with Gasteiger partial charge in [-0.15, -0.1) is 0 Å². The van der Waals surface area contributed by atoms with E-state index in [1.807, 2.05) is 39.0 Å². The van der Waals surface area contributed by atoms with E-state index in [0.29, 0.717) is 35.5 Å². The summed E-state index contributed by atoms with van der Waals surface area (Å²) < 4.78 is 23.3. The molecule has 3 rings (SSSR count). The highest BCUT2D eigenvalue weighted by atomic mass is 16.5. The average Bonchev–Trinajstić information content (AvgIpc) is 3.18. The Morgan fingerprint density at radius 1 is 1.11 bits per heavy atom. The van der Waals surface area contributed by atoms with E-state index < -0.39 is 12.1 Å². The number of carbonyl (C=O) groups is 1. The van der Waals surface area contributed by atoms with E-state index >= 15 is 0 Å². The summed E-state index contributed by atoms with van der Waals surface area (Å²) in [6.45, 7) is 14.6. The molecule has 0 saturated carbocycles. The summed E-state index contributed by atoms with van der Waals surface area (Å²) in [6.07, 6.45) is -0.824. The quantitative estimate of drug-likeness (QED) is 0.332. The number of aliphatic carboxylic acids is 1. The molecule has 7 nitrogen and oxygen atoms in total. The van der Waals surface area contributed by atoms with Crippen LogP contribution in [0.3, 0.4) is 0 Å². The zero-order valence-corrected chi connectivity index (χ0v) is 22.3. The van der Waals surface area contributed by atoms with Gasteiger partial charge in [-0.05, 0) is 62.4 Å². The summed E-state index contributed by atoms with van der Waals surface area (Å²) in [5.74, 6) is 1.42. The van der Waals surface area contributed by atoms with E-state index in [1.54, 1.807) is 19.1 Å². The first kappa shape index (κ1) is 27.3. The summed E-state index contributed by atoms with van der Waals surface area (Å²) in [4.78, 5) is 16.2. The predicted molar refractivity (Wildman–Crippen MR) is 139 cm³/mol. The molecular weight excluding hydrogens is 458 g/mol. The number of benzene rings is 2. The second-order valence-electron chi connectivity index (χ2n) is 10.1. The van der Waals surface area contributed by atoms with Crippen molar-refractivity contribution in [3.63, 3.8) is 0 Å². The van der Waals surface area contributed by atoms with Crippen LogP contribution in [0.5, 0.6) is 11.5 Å². The molecule has 0 radical (unpaired) electrons. The lowest BCUT2D eigenvalue weighted by Crippen LogP contribution is -2.26. The average molecular weight is 496 g/mol. The highest BCUT2D eigenvalue weighted by molar-refractivity contribution is 5.73. The maximum absolute atomic E-state index is 11.5. The maximum atomic E-state index is 11.5. The van der Waals surface area contributed by atoms with Gasteiger partial charge in [0.15, 0.2) is 6.10 Å². The van der Waals surface area contributed by atoms with Gasteiger partial charge in [0, 0.05) is 24.7 Å². The lowest BCUT2D eigenvalue weighted by Gasteiger charge is -2.18. The molecule has 0 aliphatic carbocycles. The largest absolute Gasteiger partial charge is 0.491 e. The topological polar surface area (TPSA) is 91.0 Å². The van der Waals surface area contributed by atoms with Crippen LogP contribution in [0.2, 0.25) is 0 Å². The van der Waals surface area contributed by atoms with Crippen molar-refractivity contribution in [1.82, 2.24) is 4.98 Å². The summed E-state index contributed by atoms with van der Waals surface area (Å²) in [5, 5.41) is 9.46. The van der Waals surface area contributed by atoms with Crippen LogP contribution < -0.4 is 9.47 Å². The smallest absolute Gasteiger partial charge is 0.333 e. The first-order chi connectivity index (χ1) is 17.0. The SMILES string of the molecule is CCO[C@@H](Cc1ccc(OCc2nc(-c3ccc(C(C)(C)C)cc3)oc2C)cc1OC(C)C)C(=O)O. The fourth-order valence-electron chi connectivity index (χ4n) is 3.73. The van der Waals surface area contributed by atoms with E-state index in [4.69, 9.17) is 18.6 Å². The van der Waals surface area contributed by atoms with Crippen molar-refractivity contribution >= 4 is 5.97 Å². The van der Waals surface area contributed by atoms with Crippen LogP contribution in [0.25, 0.3) is 11.5 Å². The molecule has 194 valence electrons. The molecule has 0 aliphatic heterocycles. The number of aryl methyl sites for hydroxylation is 1. The Morgan fingerprint density at radius 3 is 2.39 bits per heavy atom. The van der Waals surface area contributed by atoms with Crippen molar-refractivity contribution in [2.45, 2.75) is 79.1 Å². The lowest BCUT2D eigenvalue weighted by molar-refractivity contribution is -0.149. The molecule has 0 aliphatic rings. The third-order valence-corrected chi connectivity index (χ3v) is 5.72. The van der Waals surface area contributed by atoms with Crippen LogP contribution in [0.4, 0.5) is 0 Å². The molecule has 1 N–H and O–H groups in total. The third-order valence-electron chi connectivity index (χ3n) is 5.72. The number of carboxylic acids is 1. The first-order valence-electron chi connectivity index (χ1n) is 12.3. The number of rotatable bonds is 11. The van der Waals surface area contributed by atoms with E-state index in [9.17, 15) is 9.90 Å². The number of ether oxygens (including phenoxy) is 3. The second-order valence-corrected chi connectivity index (χ2v) is 10.1. The minimum Gasteiger partial charge on any atom is -0.491 e. The molecule has 36 heavy (non-hydrogen) atoms. The standard InChI is InChI=1S/C29H37NO6/c1-8-33-26(28(31)32)15-21-11-14-23(16-25(21)35-18(2)3)34-17-24-19(4)36-27(30-24)20-9-12-22(13-10-20)29(5,6)7/h9-14,16,18,26H,8,15,17H2,1-7H3,(H,31,32)/t26-/m0/s1. The van der Waals surface area contributed by atoms with Gasteiger partial charge in [-0.25, -0.2) is 9.78 Å². The van der Waals surface area contributed by atoms with Crippen molar-refractivity contribution in [3.05, 3.63) is 65.0 Å². The molecular formula is C29H37NO6. The summed E-state index contributed by atoms with van der Waals surface area (Å²) >= 11 is 0. The first-order valence-corrected chi connectivity index (χ1v) is 12.3. The molecule has 1 aromatic heterocycles. The van der Waals surface area contributed by atoms with Gasteiger partial charge < -0.3 is 23.7 Å². The van der Waals surface area contributed by atoms with E-state index in [-0.39, 0.29) is 24.5 Å². The van der Waals surface area contributed by atoms with Crippen LogP contribution in [0.1, 0.15) is 64.1 Å². The minimum atomic E-state index is -1.00. The summed E-state index contributed by atoms with van der Waals surface area (Å²) in [7, 11) is 0. The van der Waals surface area contributed by atoms with Crippen molar-refractivity contribution in [1.29, 1.82) is 0 Å². The number of carboxylic acid groups (broad SMARTS) is 1. The highest BCUT2D eigenvalue weighted by Crippen LogP contribution is 2.30. The summed E-state index contributed by atoms with van der Waals surface area (Å²) in [6, 6.07) is 13.7. The van der Waals surface area contributed by atoms with Crippen molar-refractivity contribution in [2.75, 3.05) is 6.61 Å². The lowest BCUT2D eigenvalue weighted by atomic mass is 9.87. The Hall–Kier alpha value is -3.32. The third kappa shape index (κ3) is 7.10. The number of nitrogens with zero attached hydrogens (tertiary/aromatic N) is 1. The van der Waals surface area contributed by atoms with E-state index in [2.05, 4.69) is 37.9 Å². The molecule has 0 saturated heterocycles. The van der Waals surface area contributed by atoms with Crippen LogP contribution >= 0.6 is 0 Å². The number of hydrogen-bond acceptors (Lipinski definition) is 6. The molecule has 1 heterocycles. The normalized spacial score (nSPS) is 12.6. The monoisotopic (exact) mass is 495 g/mol. The zero-order chi connectivity index (χ0) is 26.5. The molecule has 3 aromatic rings. The summed E-state index contributed by atoms with van der Waals surface area (Å²) in [5.41, 5.74) is 3.70. The van der Waals surface area contributed by atoms with Crippen molar-refractivity contribution < 1.29 is 28.5 Å². The number of hydrogen-bond donors (Lipinski definition) is 1. The maximum Gasteiger partial charge on any atom is 0.333 e. The van der Waals surface area contributed by atoms with Gasteiger partial charge in [0.05, 0.1) is 6.10 Å². The molecule has 0 fully saturated rings. The Bertz CT molecular complexity index is 1160. The fourth-order valence-corrected chi connectivity index (χ4v) is 3.73. The molecule has 0 bridgehead atoms. The molecule has 2 aromatic carbocycles. The molecule has 7 heteroatoms. The van der Waals surface area contributed by atoms with Crippen LogP contribution in [-0.4, -0.2) is 34.9 Å². The Labute approximate surface area is 213 Å². The fraction of sp³-hybridized carbons (Fsp3) is 0.448. The molecule has 0 amide bonds. The number of aromatic nitrogens is 1.